The summed E-state index contributed by atoms with van der Waals surface area (Å²) in [4.78, 5) is 29.7. The second-order valence-electron chi connectivity index (χ2n) is 8.02. The summed E-state index contributed by atoms with van der Waals surface area (Å²) in [6.07, 6.45) is 5.30. The van der Waals surface area contributed by atoms with Gasteiger partial charge < -0.3 is 10.6 Å². The third-order valence-corrected chi connectivity index (χ3v) is 5.87. The molecule has 1 fully saturated rings. The minimum Gasteiger partial charge on any atom is -0.338 e. The Bertz CT molecular complexity index is 921. The van der Waals surface area contributed by atoms with Crippen molar-refractivity contribution in [2.75, 3.05) is 36.4 Å². The van der Waals surface area contributed by atoms with E-state index in [1.165, 1.54) is 12.0 Å². The molecule has 2 N–H and O–H groups in total. The van der Waals surface area contributed by atoms with Crippen LogP contribution < -0.4 is 15.5 Å². The number of nitrogens with zero attached hydrogens (tertiary/aromatic N) is 2. The summed E-state index contributed by atoms with van der Waals surface area (Å²) in [5.41, 5.74) is 4.82. The van der Waals surface area contributed by atoms with E-state index < -0.39 is 0 Å². The van der Waals surface area contributed by atoms with Gasteiger partial charge in [0.15, 0.2) is 0 Å². The molecule has 0 atom stereocenters. The lowest BCUT2D eigenvalue weighted by Crippen LogP contribution is -2.40. The maximum Gasteiger partial charge on any atom is 0.319 e. The third-order valence-electron chi connectivity index (χ3n) is 5.87. The minimum absolute atomic E-state index is 0.0858. The molecule has 2 aliphatic rings. The fraction of sp³-hybridized carbons (Fsp3) is 0.417. The molecule has 0 spiro atoms. The van der Waals surface area contributed by atoms with E-state index in [2.05, 4.69) is 21.6 Å². The molecule has 0 unspecified atom stereocenters. The van der Waals surface area contributed by atoms with Crippen molar-refractivity contribution >= 4 is 29.0 Å². The molecule has 0 aliphatic carbocycles. The highest BCUT2D eigenvalue weighted by Crippen LogP contribution is 2.37. The van der Waals surface area contributed by atoms with E-state index in [1.807, 2.05) is 48.2 Å². The number of piperidine rings is 1. The normalized spacial score (nSPS) is 16.2. The summed E-state index contributed by atoms with van der Waals surface area (Å²) in [6, 6.07) is 13.8. The van der Waals surface area contributed by atoms with Crippen LogP contribution in [0.3, 0.4) is 0 Å². The van der Waals surface area contributed by atoms with Gasteiger partial charge >= 0.3 is 6.03 Å². The number of aryl methyl sites for hydroxylation is 2. The minimum atomic E-state index is -0.238. The van der Waals surface area contributed by atoms with Crippen LogP contribution in [-0.4, -0.2) is 43.0 Å². The number of likely N-dealkylation sites (tertiary alicyclic amines) is 1. The van der Waals surface area contributed by atoms with Crippen LogP contribution in [0.2, 0.25) is 0 Å². The number of carbonyl (C=O) groups excluding carboxylic acids is 2. The number of anilines is 3. The number of para-hydroxylation sites is 1. The fourth-order valence-electron chi connectivity index (χ4n) is 4.38. The van der Waals surface area contributed by atoms with E-state index in [-0.39, 0.29) is 11.9 Å². The molecule has 6 nitrogen and oxygen atoms in total. The van der Waals surface area contributed by atoms with E-state index in [0.717, 1.165) is 55.7 Å². The largest absolute Gasteiger partial charge is 0.338 e. The zero-order valence-electron chi connectivity index (χ0n) is 17.6. The molecule has 2 aromatic rings. The summed E-state index contributed by atoms with van der Waals surface area (Å²) in [5, 5.41) is 5.63. The van der Waals surface area contributed by atoms with Gasteiger partial charge in [-0.25, -0.2) is 4.79 Å². The second kappa shape index (κ2) is 9.30. The molecule has 2 aliphatic heterocycles. The SMILES string of the molecule is CCNC(=O)Nc1ccc2c(c1)N(C(=O)CN1CCCCC1)c1ccccc1CC2. The van der Waals surface area contributed by atoms with E-state index in [1.54, 1.807) is 0 Å². The Morgan fingerprint density at radius 2 is 1.67 bits per heavy atom. The summed E-state index contributed by atoms with van der Waals surface area (Å²) >= 11 is 0. The molecule has 2 heterocycles. The molecule has 3 amide bonds. The van der Waals surface area contributed by atoms with Crippen LogP contribution >= 0.6 is 0 Å². The lowest BCUT2D eigenvalue weighted by Gasteiger charge is -2.30. The molecule has 0 saturated carbocycles. The second-order valence-corrected chi connectivity index (χ2v) is 8.02. The molecule has 0 radical (unpaired) electrons. The maximum absolute atomic E-state index is 13.6. The van der Waals surface area contributed by atoms with Crippen molar-refractivity contribution in [1.82, 2.24) is 10.2 Å². The molecule has 6 heteroatoms. The monoisotopic (exact) mass is 406 g/mol. The van der Waals surface area contributed by atoms with Crippen LogP contribution in [0, 0.1) is 0 Å². The quantitative estimate of drug-likeness (QED) is 0.804. The van der Waals surface area contributed by atoms with Crippen LogP contribution in [-0.2, 0) is 17.6 Å². The van der Waals surface area contributed by atoms with Gasteiger partial charge in [-0.2, -0.15) is 0 Å². The van der Waals surface area contributed by atoms with Crippen molar-refractivity contribution in [3.63, 3.8) is 0 Å². The zero-order chi connectivity index (χ0) is 20.9. The first kappa shape index (κ1) is 20.4. The van der Waals surface area contributed by atoms with Gasteiger partial charge in [0.2, 0.25) is 5.91 Å². The first-order chi connectivity index (χ1) is 14.7. The summed E-state index contributed by atoms with van der Waals surface area (Å²) in [5.74, 6) is 0.0858. The molecule has 0 bridgehead atoms. The van der Waals surface area contributed by atoms with Crippen molar-refractivity contribution in [2.45, 2.75) is 39.0 Å². The summed E-state index contributed by atoms with van der Waals surface area (Å²) in [6.45, 7) is 4.82. The smallest absolute Gasteiger partial charge is 0.319 e. The maximum atomic E-state index is 13.6. The molecule has 1 saturated heterocycles. The van der Waals surface area contributed by atoms with Gasteiger partial charge in [0.25, 0.3) is 0 Å². The van der Waals surface area contributed by atoms with Gasteiger partial charge in [-0.15, -0.1) is 0 Å². The zero-order valence-corrected chi connectivity index (χ0v) is 17.6. The topological polar surface area (TPSA) is 64.7 Å². The lowest BCUT2D eigenvalue weighted by molar-refractivity contribution is -0.119. The number of fused-ring (bicyclic) bond motifs is 2. The Kier molecular flexibility index (Phi) is 6.33. The van der Waals surface area contributed by atoms with E-state index in [4.69, 9.17) is 0 Å². The number of hydrogen-bond acceptors (Lipinski definition) is 3. The van der Waals surface area contributed by atoms with Crippen molar-refractivity contribution in [3.8, 4) is 0 Å². The molecule has 2 aromatic carbocycles. The van der Waals surface area contributed by atoms with E-state index in [9.17, 15) is 9.59 Å². The van der Waals surface area contributed by atoms with Gasteiger partial charge in [0.05, 0.1) is 17.9 Å². The summed E-state index contributed by atoms with van der Waals surface area (Å²) < 4.78 is 0. The van der Waals surface area contributed by atoms with E-state index in [0.29, 0.717) is 18.8 Å². The van der Waals surface area contributed by atoms with Crippen molar-refractivity contribution < 1.29 is 9.59 Å². The predicted octanol–water partition coefficient (Wildman–Crippen LogP) is 4.08. The van der Waals surface area contributed by atoms with Crippen LogP contribution in [0.1, 0.15) is 37.3 Å². The van der Waals surface area contributed by atoms with Crippen LogP contribution in [0.5, 0.6) is 0 Å². The highest BCUT2D eigenvalue weighted by atomic mass is 16.2. The highest BCUT2D eigenvalue weighted by Gasteiger charge is 2.27. The number of urea groups is 1. The molecular weight excluding hydrogens is 376 g/mol. The Hall–Kier alpha value is -2.86. The fourth-order valence-corrected chi connectivity index (χ4v) is 4.38. The van der Waals surface area contributed by atoms with Crippen molar-refractivity contribution in [1.29, 1.82) is 0 Å². The molecule has 0 aromatic heterocycles. The molecule has 158 valence electrons. The average Bonchev–Trinajstić information content (AvgIpc) is 2.91. The third kappa shape index (κ3) is 4.49. The Morgan fingerprint density at radius 1 is 0.933 bits per heavy atom. The number of rotatable bonds is 4. The number of nitrogens with one attached hydrogen (secondary N) is 2. The average molecular weight is 407 g/mol. The Balaban J connectivity index is 1.69. The standard InChI is InChI=1S/C24H30N4O2/c1-2-25-24(30)26-20-13-12-19-11-10-18-8-4-5-9-21(18)28(22(19)16-20)23(29)17-27-14-6-3-7-15-27/h4-5,8-9,12-13,16H,2-3,6-7,10-11,14-15,17H2,1H3,(H2,25,26,30). The van der Waals surface area contributed by atoms with Gasteiger partial charge in [-0.3, -0.25) is 14.6 Å². The van der Waals surface area contributed by atoms with Gasteiger partial charge in [0, 0.05) is 12.2 Å². The van der Waals surface area contributed by atoms with E-state index >= 15 is 0 Å². The molecule has 4 rings (SSSR count). The number of hydrogen-bond donors (Lipinski definition) is 2. The number of benzene rings is 2. The number of carbonyl (C=O) groups is 2. The first-order valence-corrected chi connectivity index (χ1v) is 11.0. The predicted molar refractivity (Wildman–Crippen MR) is 120 cm³/mol. The number of amides is 3. The Morgan fingerprint density at radius 3 is 2.43 bits per heavy atom. The lowest BCUT2D eigenvalue weighted by atomic mass is 10.0. The van der Waals surface area contributed by atoms with Crippen LogP contribution in [0.15, 0.2) is 42.5 Å². The van der Waals surface area contributed by atoms with Crippen LogP contribution in [0.4, 0.5) is 21.9 Å². The van der Waals surface area contributed by atoms with Crippen LogP contribution in [0.25, 0.3) is 0 Å². The van der Waals surface area contributed by atoms with Gasteiger partial charge in [0.1, 0.15) is 0 Å². The van der Waals surface area contributed by atoms with Gasteiger partial charge in [-0.1, -0.05) is 30.7 Å². The summed E-state index contributed by atoms with van der Waals surface area (Å²) in [7, 11) is 0. The van der Waals surface area contributed by atoms with Gasteiger partial charge in [-0.05, 0) is 75.0 Å². The highest BCUT2D eigenvalue weighted by molar-refractivity contribution is 6.04. The first-order valence-electron chi connectivity index (χ1n) is 11.0. The molecular formula is C24H30N4O2. The van der Waals surface area contributed by atoms with Crippen molar-refractivity contribution in [2.24, 2.45) is 0 Å². The van der Waals surface area contributed by atoms with Crippen molar-refractivity contribution in [3.05, 3.63) is 53.6 Å². The Labute approximate surface area is 178 Å². The molecule has 30 heavy (non-hydrogen) atoms.